The van der Waals surface area contributed by atoms with Gasteiger partial charge >= 0.3 is 12.3 Å². The lowest BCUT2D eigenvalue weighted by Gasteiger charge is -2.17. The number of carbonyl (C=O) groups is 2. The minimum atomic E-state index is -1.07. The Balaban J connectivity index is 2.24. The summed E-state index contributed by atoms with van der Waals surface area (Å²) in [5.74, 6) is -0.0177. The van der Waals surface area contributed by atoms with Crippen LogP contribution in [-0.4, -0.2) is 53.0 Å². The van der Waals surface area contributed by atoms with Crippen molar-refractivity contribution in [2.45, 2.75) is 13.8 Å². The van der Waals surface area contributed by atoms with Crippen molar-refractivity contribution in [1.29, 1.82) is 0 Å². The van der Waals surface area contributed by atoms with Gasteiger partial charge in [0.25, 0.3) is 0 Å². The van der Waals surface area contributed by atoms with Crippen LogP contribution in [0.1, 0.15) is 11.4 Å². The number of benzene rings is 1. The fraction of sp³-hybridized carbons (Fsp3) is 0.278. The monoisotopic (exact) mass is 403 g/mol. The Morgan fingerprint density at radius 2 is 1.76 bits per heavy atom. The third-order valence-corrected chi connectivity index (χ3v) is 3.85. The largest absolute Gasteiger partial charge is 0.514 e. The number of rotatable bonds is 5. The van der Waals surface area contributed by atoms with Crippen LogP contribution in [0.4, 0.5) is 9.59 Å². The summed E-state index contributed by atoms with van der Waals surface area (Å²) in [5.41, 5.74) is 2.08. The highest BCUT2D eigenvalue weighted by molar-refractivity contribution is 5.96. The fourth-order valence-electron chi connectivity index (χ4n) is 2.69. The summed E-state index contributed by atoms with van der Waals surface area (Å²) in [6.07, 6.45) is -2.05. The van der Waals surface area contributed by atoms with Crippen LogP contribution >= 0.6 is 0 Å². The molecule has 152 valence electrons. The molecule has 0 amide bonds. The van der Waals surface area contributed by atoms with Crippen molar-refractivity contribution in [3.05, 3.63) is 29.6 Å². The minimum absolute atomic E-state index is 0.00269. The molecule has 3 aromatic rings. The normalized spacial score (nSPS) is 10.6. The van der Waals surface area contributed by atoms with Crippen molar-refractivity contribution in [2.75, 3.05) is 20.3 Å². The van der Waals surface area contributed by atoms with E-state index < -0.39 is 12.3 Å². The van der Waals surface area contributed by atoms with Gasteiger partial charge < -0.3 is 24.1 Å². The average molecular weight is 403 g/mol. The quantitative estimate of drug-likeness (QED) is 0.628. The number of methoxy groups -OCH3 is 1. The third kappa shape index (κ3) is 4.09. The van der Waals surface area contributed by atoms with E-state index in [0.29, 0.717) is 28.0 Å². The number of aryl methyl sites for hydroxylation is 2. The second-order valence-electron chi connectivity index (χ2n) is 5.73. The zero-order valence-corrected chi connectivity index (χ0v) is 15.8. The average Bonchev–Trinajstić information content (AvgIpc) is 3.19. The smallest absolute Gasteiger partial charge is 0.437 e. The van der Waals surface area contributed by atoms with E-state index in [1.54, 1.807) is 32.0 Å². The second-order valence-corrected chi connectivity index (χ2v) is 5.73. The molecule has 11 heteroatoms. The maximum Gasteiger partial charge on any atom is 0.514 e. The van der Waals surface area contributed by atoms with Gasteiger partial charge in [-0.1, -0.05) is 12.1 Å². The van der Waals surface area contributed by atoms with E-state index in [1.807, 2.05) is 0 Å². The van der Waals surface area contributed by atoms with Crippen LogP contribution in [-0.2, 0) is 9.47 Å². The van der Waals surface area contributed by atoms with Gasteiger partial charge in [-0.05, 0) is 30.2 Å². The van der Waals surface area contributed by atoms with E-state index in [9.17, 15) is 9.59 Å². The summed E-state index contributed by atoms with van der Waals surface area (Å²) in [7, 11) is 1.16. The van der Waals surface area contributed by atoms with E-state index in [0.717, 1.165) is 7.11 Å². The molecule has 29 heavy (non-hydrogen) atoms. The molecule has 0 aliphatic carbocycles. The van der Waals surface area contributed by atoms with Gasteiger partial charge in [-0.25, -0.2) is 14.2 Å². The number of carbonyl (C=O) groups excluding carboxylic acids is 2. The van der Waals surface area contributed by atoms with Crippen LogP contribution in [0.2, 0.25) is 0 Å². The van der Waals surface area contributed by atoms with Gasteiger partial charge in [0.1, 0.15) is 17.6 Å². The van der Waals surface area contributed by atoms with E-state index in [2.05, 4.69) is 20.0 Å². The predicted molar refractivity (Wildman–Crippen MR) is 96.6 cm³/mol. The highest BCUT2D eigenvalue weighted by Gasteiger charge is 2.27. The summed E-state index contributed by atoms with van der Waals surface area (Å²) >= 11 is 0. The van der Waals surface area contributed by atoms with Crippen LogP contribution in [0.5, 0.6) is 11.5 Å². The Morgan fingerprint density at radius 1 is 1.07 bits per heavy atom. The Morgan fingerprint density at radius 3 is 2.41 bits per heavy atom. The molecular formula is C18H17N3O8. The van der Waals surface area contributed by atoms with Gasteiger partial charge in [0, 0.05) is 5.56 Å². The summed E-state index contributed by atoms with van der Waals surface area (Å²) in [4.78, 5) is 28.1. The molecule has 0 aliphatic rings. The molecule has 1 aromatic carbocycles. The molecule has 0 atom stereocenters. The van der Waals surface area contributed by atoms with E-state index in [4.69, 9.17) is 23.9 Å². The van der Waals surface area contributed by atoms with Crippen LogP contribution in [0.25, 0.3) is 22.2 Å². The number of pyridine rings is 1. The molecule has 0 fully saturated rings. The number of fused-ring (bicyclic) bond motifs is 1. The maximum atomic E-state index is 12.0. The summed E-state index contributed by atoms with van der Waals surface area (Å²) in [5, 5.41) is 16.5. The summed E-state index contributed by atoms with van der Waals surface area (Å²) < 4.78 is 24.8. The van der Waals surface area contributed by atoms with E-state index in [1.165, 1.54) is 0 Å². The van der Waals surface area contributed by atoms with Crippen molar-refractivity contribution in [3.63, 3.8) is 0 Å². The lowest BCUT2D eigenvalue weighted by atomic mass is 10.0. The van der Waals surface area contributed by atoms with E-state index in [-0.39, 0.29) is 30.3 Å². The molecular weight excluding hydrogens is 386 g/mol. The van der Waals surface area contributed by atoms with Crippen LogP contribution < -0.4 is 9.47 Å². The molecule has 0 unspecified atom stereocenters. The number of nitrogens with zero attached hydrogens (tertiary/aromatic N) is 3. The molecule has 0 saturated carbocycles. The van der Waals surface area contributed by atoms with E-state index >= 15 is 0 Å². The second kappa shape index (κ2) is 8.52. The topological polar surface area (TPSA) is 143 Å². The number of aromatic nitrogens is 3. The highest BCUT2D eigenvalue weighted by atomic mass is 16.7. The maximum absolute atomic E-state index is 12.0. The lowest BCUT2D eigenvalue weighted by molar-refractivity contribution is 0.0805. The first-order valence-corrected chi connectivity index (χ1v) is 8.40. The van der Waals surface area contributed by atoms with Gasteiger partial charge in [-0.15, -0.1) is 0 Å². The molecule has 1 N–H and O–H groups in total. The number of hydrogen-bond acceptors (Lipinski definition) is 11. The first kappa shape index (κ1) is 20.0. The first-order valence-electron chi connectivity index (χ1n) is 8.40. The zero-order valence-electron chi connectivity index (χ0n) is 15.8. The zero-order chi connectivity index (χ0) is 21.0. The molecule has 0 saturated heterocycles. The van der Waals surface area contributed by atoms with Crippen molar-refractivity contribution >= 4 is 23.3 Å². The predicted octanol–water partition coefficient (Wildman–Crippen LogP) is 2.55. The standard InChI is InChI=1S/C18H17N3O8/c1-9-15(27-17(23)25-3)13(11-5-4-6-12-14(11)21-29-20-12)16(10(2)19-9)28-18(24)26-8-7-22/h4-6,22H,7-8H2,1-3H3. The minimum Gasteiger partial charge on any atom is -0.437 e. The van der Waals surface area contributed by atoms with Crippen molar-refractivity contribution in [2.24, 2.45) is 0 Å². The molecule has 0 aliphatic heterocycles. The molecule has 11 nitrogen and oxygen atoms in total. The number of aliphatic hydroxyl groups is 1. The summed E-state index contributed by atoms with van der Waals surface area (Å²) in [6.45, 7) is 2.60. The Labute approximate surface area is 164 Å². The van der Waals surface area contributed by atoms with Crippen molar-refractivity contribution < 1.29 is 38.3 Å². The SMILES string of the molecule is COC(=O)Oc1c(C)nc(C)c(OC(=O)OCCO)c1-c1cccc2nonc12. The Hall–Kier alpha value is -3.73. The summed E-state index contributed by atoms with van der Waals surface area (Å²) in [6, 6.07) is 5.02. The number of ether oxygens (including phenoxy) is 4. The third-order valence-electron chi connectivity index (χ3n) is 3.85. The van der Waals surface area contributed by atoms with Gasteiger partial charge in [0.15, 0.2) is 11.5 Å². The van der Waals surface area contributed by atoms with Crippen molar-refractivity contribution in [3.8, 4) is 22.6 Å². The van der Waals surface area contributed by atoms with Crippen LogP contribution in [0.3, 0.4) is 0 Å². The molecule has 0 bridgehead atoms. The highest BCUT2D eigenvalue weighted by Crippen LogP contribution is 2.44. The van der Waals surface area contributed by atoms with Gasteiger partial charge in [0.2, 0.25) is 0 Å². The molecule has 2 aromatic heterocycles. The number of aliphatic hydroxyl groups excluding tert-OH is 1. The van der Waals surface area contributed by atoms with Gasteiger partial charge in [-0.3, -0.25) is 4.98 Å². The Kier molecular flexibility index (Phi) is 5.88. The van der Waals surface area contributed by atoms with Gasteiger partial charge in [0.05, 0.1) is 30.7 Å². The van der Waals surface area contributed by atoms with Gasteiger partial charge in [-0.2, -0.15) is 0 Å². The van der Waals surface area contributed by atoms with Crippen molar-refractivity contribution in [1.82, 2.24) is 15.3 Å². The number of hydrogen-bond donors (Lipinski definition) is 1. The molecule has 2 heterocycles. The van der Waals surface area contributed by atoms with Crippen LogP contribution in [0.15, 0.2) is 22.8 Å². The molecule has 0 radical (unpaired) electrons. The molecule has 3 rings (SSSR count). The van der Waals surface area contributed by atoms with Crippen LogP contribution in [0, 0.1) is 13.8 Å². The fourth-order valence-corrected chi connectivity index (χ4v) is 2.69. The Bertz CT molecular complexity index is 1060. The lowest BCUT2D eigenvalue weighted by Crippen LogP contribution is -2.16. The first-order chi connectivity index (χ1) is 14.0. The molecule has 0 spiro atoms.